The first-order valence-corrected chi connectivity index (χ1v) is 7.80. The molecular formula is C18H23FN2O2. The van der Waals surface area contributed by atoms with Crippen LogP contribution in [0, 0.1) is 11.2 Å². The van der Waals surface area contributed by atoms with Gasteiger partial charge in [0.05, 0.1) is 6.61 Å². The van der Waals surface area contributed by atoms with Crippen LogP contribution < -0.4 is 5.32 Å². The number of esters is 1. The lowest BCUT2D eigenvalue weighted by Gasteiger charge is -2.31. The Labute approximate surface area is 136 Å². The van der Waals surface area contributed by atoms with Crippen molar-refractivity contribution in [1.29, 1.82) is 0 Å². The van der Waals surface area contributed by atoms with Gasteiger partial charge >= 0.3 is 5.97 Å². The molecule has 2 rings (SSSR count). The van der Waals surface area contributed by atoms with Crippen LogP contribution in [0.5, 0.6) is 0 Å². The number of carbonyl (C=O) groups excluding carboxylic acids is 1. The highest BCUT2D eigenvalue weighted by Gasteiger charge is 2.26. The van der Waals surface area contributed by atoms with Gasteiger partial charge in [-0.05, 0) is 55.5 Å². The smallest absolute Gasteiger partial charge is 0.327 e. The number of aliphatic imine (C=N–C) groups is 1. The lowest BCUT2D eigenvalue weighted by atomic mass is 9.78. The Hall–Kier alpha value is -2.17. The van der Waals surface area contributed by atoms with Gasteiger partial charge < -0.3 is 10.1 Å². The number of hydrogen-bond acceptors (Lipinski definition) is 4. The molecule has 1 aromatic rings. The highest BCUT2D eigenvalue weighted by Crippen LogP contribution is 2.34. The van der Waals surface area contributed by atoms with Crippen LogP contribution in [0.1, 0.15) is 33.6 Å². The summed E-state index contributed by atoms with van der Waals surface area (Å²) in [5.74, 6) is -0.574. The number of allylic oxidation sites excluding steroid dienone is 2. The summed E-state index contributed by atoms with van der Waals surface area (Å²) in [4.78, 5) is 15.8. The molecule has 0 bridgehead atoms. The average Bonchev–Trinajstić information content (AvgIpc) is 2.46. The number of halogens is 1. The molecule has 0 radical (unpaired) electrons. The van der Waals surface area contributed by atoms with E-state index >= 15 is 0 Å². The van der Waals surface area contributed by atoms with Gasteiger partial charge in [0.15, 0.2) is 0 Å². The summed E-state index contributed by atoms with van der Waals surface area (Å²) in [5.41, 5.74) is 2.76. The quantitative estimate of drug-likeness (QED) is 0.836. The molecule has 0 spiro atoms. The van der Waals surface area contributed by atoms with E-state index in [4.69, 9.17) is 4.74 Å². The number of nitrogens with zero attached hydrogens (tertiary/aromatic N) is 1. The molecule has 1 N–H and O–H groups in total. The molecule has 5 heteroatoms. The predicted octanol–water partition coefficient (Wildman–Crippen LogP) is 3.95. The minimum Gasteiger partial charge on any atom is -0.465 e. The summed E-state index contributed by atoms with van der Waals surface area (Å²) in [5, 5.41) is 3.30. The molecule has 0 amide bonds. The van der Waals surface area contributed by atoms with Crippen LogP contribution in [0.15, 0.2) is 41.0 Å². The number of nitrogens with one attached hydrogen (secondary N) is 1. The Morgan fingerprint density at radius 2 is 2.00 bits per heavy atom. The first-order valence-electron chi connectivity index (χ1n) is 7.80. The van der Waals surface area contributed by atoms with Crippen molar-refractivity contribution in [3.05, 3.63) is 41.9 Å². The van der Waals surface area contributed by atoms with Gasteiger partial charge in [0.25, 0.3) is 0 Å². The Bertz CT molecular complexity index is 618. The largest absolute Gasteiger partial charge is 0.465 e. The Kier molecular flexibility index (Phi) is 5.53. The molecule has 4 nitrogen and oxygen atoms in total. The van der Waals surface area contributed by atoms with E-state index in [0.29, 0.717) is 6.61 Å². The average molecular weight is 318 g/mol. The first-order chi connectivity index (χ1) is 10.9. The molecule has 1 aliphatic carbocycles. The zero-order chi connectivity index (χ0) is 16.9. The van der Waals surface area contributed by atoms with Crippen LogP contribution in [0.25, 0.3) is 0 Å². The Balaban J connectivity index is 2.12. The van der Waals surface area contributed by atoms with Crippen molar-refractivity contribution in [1.82, 2.24) is 0 Å². The fraction of sp³-hybridized carbons (Fsp3) is 0.444. The van der Waals surface area contributed by atoms with Crippen molar-refractivity contribution < 1.29 is 13.9 Å². The summed E-state index contributed by atoms with van der Waals surface area (Å²) >= 11 is 0. The number of rotatable bonds is 5. The fourth-order valence-electron chi connectivity index (χ4n) is 2.64. The third-order valence-electron chi connectivity index (χ3n) is 3.54. The van der Waals surface area contributed by atoms with Crippen molar-refractivity contribution >= 4 is 17.4 Å². The third kappa shape index (κ3) is 5.51. The van der Waals surface area contributed by atoms with E-state index in [1.54, 1.807) is 19.1 Å². The summed E-state index contributed by atoms with van der Waals surface area (Å²) in [6.07, 6.45) is 3.64. The molecule has 0 aliphatic heterocycles. The molecule has 0 saturated carbocycles. The Morgan fingerprint density at radius 1 is 1.30 bits per heavy atom. The van der Waals surface area contributed by atoms with E-state index in [9.17, 15) is 9.18 Å². The van der Waals surface area contributed by atoms with Crippen molar-refractivity contribution in [2.24, 2.45) is 10.4 Å². The van der Waals surface area contributed by atoms with Gasteiger partial charge in [0.2, 0.25) is 0 Å². The maximum Gasteiger partial charge on any atom is 0.327 e. The highest BCUT2D eigenvalue weighted by atomic mass is 19.1. The lowest BCUT2D eigenvalue weighted by Crippen LogP contribution is -2.25. The van der Waals surface area contributed by atoms with Crippen LogP contribution in [-0.2, 0) is 9.53 Å². The monoisotopic (exact) mass is 318 g/mol. The summed E-state index contributed by atoms with van der Waals surface area (Å²) in [7, 11) is 0. The standard InChI is InChI=1S/C18H23FN2O2/c1-4-23-17(22)12-20-15-9-16(11-18(2,3)10-15)21-14-7-5-13(19)6-8-14/h5-9,21H,4,10-12H2,1-3H3. The SMILES string of the molecule is CCOC(=O)CN=C1C=C(Nc2ccc(F)cc2)CC(C)(C)C1. The molecular weight excluding hydrogens is 295 g/mol. The second-order valence-electron chi connectivity index (χ2n) is 6.43. The van der Waals surface area contributed by atoms with E-state index in [1.165, 1.54) is 12.1 Å². The topological polar surface area (TPSA) is 50.7 Å². The van der Waals surface area contributed by atoms with Crippen LogP contribution in [-0.4, -0.2) is 24.8 Å². The maximum absolute atomic E-state index is 13.0. The zero-order valence-corrected chi connectivity index (χ0v) is 13.9. The van der Waals surface area contributed by atoms with Crippen molar-refractivity contribution in [3.63, 3.8) is 0 Å². The maximum atomic E-state index is 13.0. The first kappa shape index (κ1) is 17.2. The zero-order valence-electron chi connectivity index (χ0n) is 13.9. The van der Waals surface area contributed by atoms with Gasteiger partial charge in [-0.1, -0.05) is 13.8 Å². The molecule has 1 aliphatic rings. The number of ether oxygens (including phenoxy) is 1. The van der Waals surface area contributed by atoms with E-state index in [2.05, 4.69) is 24.2 Å². The predicted molar refractivity (Wildman–Crippen MR) is 90.1 cm³/mol. The van der Waals surface area contributed by atoms with Crippen molar-refractivity contribution in [2.75, 3.05) is 18.5 Å². The molecule has 1 aromatic carbocycles. The van der Waals surface area contributed by atoms with Gasteiger partial charge in [-0.15, -0.1) is 0 Å². The molecule has 0 fully saturated rings. The van der Waals surface area contributed by atoms with E-state index in [1.807, 2.05) is 6.08 Å². The second-order valence-corrected chi connectivity index (χ2v) is 6.43. The minimum atomic E-state index is -0.315. The van der Waals surface area contributed by atoms with Crippen LogP contribution >= 0.6 is 0 Å². The molecule has 0 unspecified atom stereocenters. The summed E-state index contributed by atoms with van der Waals surface area (Å²) < 4.78 is 17.9. The van der Waals surface area contributed by atoms with E-state index in [-0.39, 0.29) is 23.7 Å². The second kappa shape index (κ2) is 7.40. The van der Waals surface area contributed by atoms with Crippen LogP contribution in [0.4, 0.5) is 10.1 Å². The van der Waals surface area contributed by atoms with E-state index < -0.39 is 0 Å². The van der Waals surface area contributed by atoms with Crippen LogP contribution in [0.2, 0.25) is 0 Å². The van der Waals surface area contributed by atoms with Gasteiger partial charge in [0, 0.05) is 17.1 Å². The van der Waals surface area contributed by atoms with Gasteiger partial charge in [-0.2, -0.15) is 0 Å². The third-order valence-corrected chi connectivity index (χ3v) is 3.54. The van der Waals surface area contributed by atoms with Gasteiger partial charge in [0.1, 0.15) is 12.4 Å². The van der Waals surface area contributed by atoms with E-state index in [0.717, 1.165) is 29.9 Å². The van der Waals surface area contributed by atoms with Gasteiger partial charge in [-0.3, -0.25) is 9.79 Å². The molecule has 0 heterocycles. The number of hydrogen-bond donors (Lipinski definition) is 1. The number of anilines is 1. The molecule has 124 valence electrons. The fourth-order valence-corrected chi connectivity index (χ4v) is 2.64. The molecule has 23 heavy (non-hydrogen) atoms. The highest BCUT2D eigenvalue weighted by molar-refractivity contribution is 5.98. The number of benzene rings is 1. The number of carbonyl (C=O) groups is 1. The molecule has 0 saturated heterocycles. The Morgan fingerprint density at radius 3 is 2.65 bits per heavy atom. The lowest BCUT2D eigenvalue weighted by molar-refractivity contribution is -0.141. The summed E-state index contributed by atoms with van der Waals surface area (Å²) in [6, 6.07) is 6.25. The van der Waals surface area contributed by atoms with Gasteiger partial charge in [-0.25, -0.2) is 4.39 Å². The van der Waals surface area contributed by atoms with Crippen molar-refractivity contribution in [3.8, 4) is 0 Å². The molecule has 0 aromatic heterocycles. The van der Waals surface area contributed by atoms with Crippen LogP contribution in [0.3, 0.4) is 0 Å². The molecule has 0 atom stereocenters. The normalized spacial score (nSPS) is 18.4. The van der Waals surface area contributed by atoms with Crippen molar-refractivity contribution in [2.45, 2.75) is 33.6 Å². The minimum absolute atomic E-state index is 0.0413. The summed E-state index contributed by atoms with van der Waals surface area (Å²) in [6.45, 7) is 6.50.